The van der Waals surface area contributed by atoms with Crippen molar-refractivity contribution in [2.45, 2.75) is 33.1 Å². The fraction of sp³-hybridized carbons (Fsp3) is 1.00. The fourth-order valence-electron chi connectivity index (χ4n) is 1.99. The normalized spacial score (nSPS) is 34.2. The molecule has 60 valence electrons. The molecule has 2 unspecified atom stereocenters. The maximum absolute atomic E-state index is 3.45. The van der Waals surface area contributed by atoms with E-state index in [0.29, 0.717) is 0 Å². The van der Waals surface area contributed by atoms with E-state index in [-0.39, 0.29) is 0 Å². The van der Waals surface area contributed by atoms with Gasteiger partial charge in [-0.1, -0.05) is 26.7 Å². The second kappa shape index (κ2) is 3.97. The highest BCUT2D eigenvalue weighted by atomic mass is 14.9. The quantitative estimate of drug-likeness (QED) is 0.620. The predicted octanol–water partition coefficient (Wildman–Crippen LogP) is 2.03. The lowest BCUT2D eigenvalue weighted by molar-refractivity contribution is 0.241. The third-order valence-corrected chi connectivity index (χ3v) is 2.81. The van der Waals surface area contributed by atoms with E-state index in [1.54, 1.807) is 0 Å². The molecule has 1 heterocycles. The van der Waals surface area contributed by atoms with Gasteiger partial charge in [0, 0.05) is 0 Å². The Balaban J connectivity index is 2.34. The molecule has 1 heteroatoms. The van der Waals surface area contributed by atoms with Crippen LogP contribution in [0.25, 0.3) is 0 Å². The molecule has 0 aromatic heterocycles. The molecule has 10 heavy (non-hydrogen) atoms. The molecule has 1 aliphatic heterocycles. The Hall–Kier alpha value is -0.0400. The summed E-state index contributed by atoms with van der Waals surface area (Å²) in [5.74, 6) is 1.96. The maximum atomic E-state index is 3.45. The van der Waals surface area contributed by atoms with E-state index < -0.39 is 0 Å². The molecule has 0 aliphatic carbocycles. The summed E-state index contributed by atoms with van der Waals surface area (Å²) in [6, 6.07) is 0. The Kier molecular flexibility index (Phi) is 3.20. The Bertz CT molecular complexity index is 78.7. The van der Waals surface area contributed by atoms with Crippen molar-refractivity contribution in [1.29, 1.82) is 0 Å². The average molecular weight is 141 g/mol. The van der Waals surface area contributed by atoms with E-state index in [4.69, 9.17) is 0 Å². The van der Waals surface area contributed by atoms with Crippen molar-refractivity contribution in [1.82, 2.24) is 5.32 Å². The Labute approximate surface area is 64.2 Å². The summed E-state index contributed by atoms with van der Waals surface area (Å²) in [6.07, 6.45) is 4.13. The molecule has 0 spiro atoms. The fourth-order valence-corrected chi connectivity index (χ4v) is 1.99. The van der Waals surface area contributed by atoms with Crippen LogP contribution in [0.15, 0.2) is 0 Å². The Morgan fingerprint density at radius 1 is 1.20 bits per heavy atom. The van der Waals surface area contributed by atoms with Gasteiger partial charge in [0.15, 0.2) is 0 Å². The topological polar surface area (TPSA) is 12.0 Å². The van der Waals surface area contributed by atoms with Gasteiger partial charge in [0.1, 0.15) is 0 Å². The van der Waals surface area contributed by atoms with Crippen LogP contribution in [0.4, 0.5) is 0 Å². The van der Waals surface area contributed by atoms with Crippen molar-refractivity contribution in [3.63, 3.8) is 0 Å². The first-order chi connectivity index (χ1) is 4.88. The molecule has 1 nitrogen and oxygen atoms in total. The van der Waals surface area contributed by atoms with Crippen LogP contribution < -0.4 is 5.32 Å². The minimum absolute atomic E-state index is 0.957. The number of rotatable bonds is 2. The number of nitrogens with one attached hydrogen (secondary N) is 1. The van der Waals surface area contributed by atoms with Gasteiger partial charge in [0.05, 0.1) is 0 Å². The van der Waals surface area contributed by atoms with Crippen molar-refractivity contribution in [2.75, 3.05) is 13.1 Å². The SMILES string of the molecule is CCC1CCNCC1CC. The molecule has 0 saturated carbocycles. The summed E-state index contributed by atoms with van der Waals surface area (Å²) in [6.45, 7) is 7.13. The minimum atomic E-state index is 0.957. The molecule has 1 saturated heterocycles. The van der Waals surface area contributed by atoms with E-state index in [1.165, 1.54) is 32.4 Å². The summed E-state index contributed by atoms with van der Waals surface area (Å²) in [7, 11) is 0. The first kappa shape index (κ1) is 8.06. The summed E-state index contributed by atoms with van der Waals surface area (Å²) >= 11 is 0. The molecule has 0 amide bonds. The van der Waals surface area contributed by atoms with Gasteiger partial charge in [0.25, 0.3) is 0 Å². The lowest BCUT2D eigenvalue weighted by Crippen LogP contribution is -2.35. The van der Waals surface area contributed by atoms with Gasteiger partial charge in [-0.3, -0.25) is 0 Å². The molecule has 1 rings (SSSR count). The zero-order valence-corrected chi connectivity index (χ0v) is 7.19. The molecule has 0 aromatic rings. The highest BCUT2D eigenvalue weighted by Gasteiger charge is 2.20. The molecular weight excluding hydrogens is 122 g/mol. The number of hydrogen-bond donors (Lipinski definition) is 1. The smallest absolute Gasteiger partial charge is 0.00180 e. The van der Waals surface area contributed by atoms with Crippen LogP contribution in [0.1, 0.15) is 33.1 Å². The van der Waals surface area contributed by atoms with Crippen LogP contribution in [-0.4, -0.2) is 13.1 Å². The Morgan fingerprint density at radius 3 is 2.40 bits per heavy atom. The minimum Gasteiger partial charge on any atom is -0.316 e. The van der Waals surface area contributed by atoms with Gasteiger partial charge < -0.3 is 5.32 Å². The van der Waals surface area contributed by atoms with Gasteiger partial charge >= 0.3 is 0 Å². The van der Waals surface area contributed by atoms with Crippen molar-refractivity contribution in [3.8, 4) is 0 Å². The average Bonchev–Trinajstić information content (AvgIpc) is 2.04. The molecule has 1 aliphatic rings. The molecule has 1 N–H and O–H groups in total. The highest BCUT2D eigenvalue weighted by molar-refractivity contribution is 4.75. The van der Waals surface area contributed by atoms with Gasteiger partial charge in [-0.25, -0.2) is 0 Å². The van der Waals surface area contributed by atoms with Crippen LogP contribution >= 0.6 is 0 Å². The monoisotopic (exact) mass is 141 g/mol. The van der Waals surface area contributed by atoms with Crippen molar-refractivity contribution >= 4 is 0 Å². The number of hydrogen-bond acceptors (Lipinski definition) is 1. The van der Waals surface area contributed by atoms with Gasteiger partial charge in [-0.05, 0) is 31.3 Å². The maximum Gasteiger partial charge on any atom is -0.00180 e. The summed E-state index contributed by atoms with van der Waals surface area (Å²) in [5, 5.41) is 3.45. The molecule has 0 aromatic carbocycles. The van der Waals surface area contributed by atoms with Crippen molar-refractivity contribution in [2.24, 2.45) is 11.8 Å². The van der Waals surface area contributed by atoms with Crippen LogP contribution in [0.3, 0.4) is 0 Å². The lowest BCUT2D eigenvalue weighted by atomic mass is 9.83. The van der Waals surface area contributed by atoms with Gasteiger partial charge in [0.2, 0.25) is 0 Å². The highest BCUT2D eigenvalue weighted by Crippen LogP contribution is 2.24. The molecule has 0 bridgehead atoms. The van der Waals surface area contributed by atoms with Crippen LogP contribution in [0.5, 0.6) is 0 Å². The third-order valence-electron chi connectivity index (χ3n) is 2.81. The van der Waals surface area contributed by atoms with Gasteiger partial charge in [-0.2, -0.15) is 0 Å². The van der Waals surface area contributed by atoms with Gasteiger partial charge in [-0.15, -0.1) is 0 Å². The standard InChI is InChI=1S/C9H19N/c1-3-8-5-6-10-7-9(8)4-2/h8-10H,3-7H2,1-2H3. The zero-order chi connectivity index (χ0) is 7.40. The van der Waals surface area contributed by atoms with E-state index in [9.17, 15) is 0 Å². The van der Waals surface area contributed by atoms with E-state index in [1.807, 2.05) is 0 Å². The molecule has 1 fully saturated rings. The summed E-state index contributed by atoms with van der Waals surface area (Å²) in [5.41, 5.74) is 0. The predicted molar refractivity (Wildman–Crippen MR) is 45.0 cm³/mol. The number of piperidine rings is 1. The van der Waals surface area contributed by atoms with Crippen LogP contribution in [0, 0.1) is 11.8 Å². The Morgan fingerprint density at radius 2 is 1.90 bits per heavy atom. The summed E-state index contributed by atoms with van der Waals surface area (Å²) < 4.78 is 0. The first-order valence-corrected chi connectivity index (χ1v) is 4.59. The van der Waals surface area contributed by atoms with E-state index >= 15 is 0 Å². The first-order valence-electron chi connectivity index (χ1n) is 4.59. The third kappa shape index (κ3) is 1.72. The molecular formula is C9H19N. The van der Waals surface area contributed by atoms with Crippen LogP contribution in [-0.2, 0) is 0 Å². The van der Waals surface area contributed by atoms with Crippen molar-refractivity contribution in [3.05, 3.63) is 0 Å². The van der Waals surface area contributed by atoms with E-state index in [2.05, 4.69) is 19.2 Å². The lowest BCUT2D eigenvalue weighted by Gasteiger charge is -2.30. The second-order valence-corrected chi connectivity index (χ2v) is 3.33. The summed E-state index contributed by atoms with van der Waals surface area (Å²) in [4.78, 5) is 0. The zero-order valence-electron chi connectivity index (χ0n) is 7.19. The second-order valence-electron chi connectivity index (χ2n) is 3.33. The van der Waals surface area contributed by atoms with Crippen LogP contribution in [0.2, 0.25) is 0 Å². The van der Waals surface area contributed by atoms with Crippen molar-refractivity contribution < 1.29 is 0 Å². The molecule has 0 radical (unpaired) electrons. The largest absolute Gasteiger partial charge is 0.316 e. The molecule has 2 atom stereocenters. The van der Waals surface area contributed by atoms with E-state index in [0.717, 1.165) is 11.8 Å².